The highest BCUT2D eigenvalue weighted by molar-refractivity contribution is 6.15. The average molecular weight is 350 g/mol. The summed E-state index contributed by atoms with van der Waals surface area (Å²) in [7, 11) is 3.79. The van der Waals surface area contributed by atoms with Gasteiger partial charge in [-0.25, -0.2) is 0 Å². The minimum Gasteiger partial charge on any atom is -0.491 e. The molecule has 0 amide bonds. The Morgan fingerprint density at radius 3 is 2.12 bits per heavy atom. The lowest BCUT2D eigenvalue weighted by molar-refractivity contribution is 0.0830. The zero-order valence-corrected chi connectivity index (χ0v) is 15.0. The second-order valence-corrected chi connectivity index (χ2v) is 5.45. The smallest absolute Gasteiger partial charge is 0.193 e. The molecule has 2 aromatic carbocycles. The van der Waals surface area contributed by atoms with E-state index in [1.165, 1.54) is 6.38 Å². The topological polar surface area (TPSA) is 49.8 Å². The van der Waals surface area contributed by atoms with E-state index in [1.807, 2.05) is 37.2 Å². The molecule has 0 saturated carbocycles. The number of aliphatic hydroxyl groups excluding tert-OH is 1. The molecule has 0 radical (unpaired) electrons. The molecule has 0 saturated heterocycles. The molecule has 0 aliphatic heterocycles. The Morgan fingerprint density at radius 1 is 1.04 bits per heavy atom. The van der Waals surface area contributed by atoms with E-state index in [0.29, 0.717) is 23.4 Å². The Kier molecular flexibility index (Phi) is 9.08. The molecule has 24 heavy (non-hydrogen) atoms. The maximum Gasteiger partial charge on any atom is 0.193 e. The molecule has 2 rings (SSSR count). The van der Waals surface area contributed by atoms with Crippen LogP contribution in [0.5, 0.6) is 5.75 Å². The Hall–Kier alpha value is -1.88. The highest BCUT2D eigenvalue weighted by Gasteiger charge is 2.09. The quantitative estimate of drug-likeness (QED) is 0.616. The van der Waals surface area contributed by atoms with Crippen molar-refractivity contribution in [1.29, 1.82) is 0 Å². The Balaban J connectivity index is 0.00000139. The predicted octanol–water partition coefficient (Wildman–Crippen LogP) is 3.07. The number of carbonyl (C=O) groups is 1. The summed E-state index contributed by atoms with van der Waals surface area (Å²) in [5.41, 5.74) is 1.28. The standard InChI is InChI=1S/C18H21NO3.CH3Cl/c1-19(2)12-16(20)13-22-17-10-8-15(9-11-17)18(21)14-6-4-3-5-7-14;1-2/h3-11,16,20H,12-13H2,1-2H3;1H3. The fourth-order valence-electron chi connectivity index (χ4n) is 2.13. The monoisotopic (exact) mass is 349 g/mol. The van der Waals surface area contributed by atoms with Gasteiger partial charge in [-0.3, -0.25) is 4.79 Å². The summed E-state index contributed by atoms with van der Waals surface area (Å²) >= 11 is 4.64. The summed E-state index contributed by atoms with van der Waals surface area (Å²) < 4.78 is 5.52. The van der Waals surface area contributed by atoms with Gasteiger partial charge in [0.2, 0.25) is 0 Å². The molecule has 1 N–H and O–H groups in total. The van der Waals surface area contributed by atoms with Crippen molar-refractivity contribution in [2.24, 2.45) is 0 Å². The number of hydrogen-bond acceptors (Lipinski definition) is 4. The van der Waals surface area contributed by atoms with Crippen molar-refractivity contribution in [3.63, 3.8) is 0 Å². The van der Waals surface area contributed by atoms with Crippen LogP contribution in [-0.2, 0) is 0 Å². The lowest BCUT2D eigenvalue weighted by atomic mass is 10.0. The molecule has 5 heteroatoms. The maximum absolute atomic E-state index is 12.3. The van der Waals surface area contributed by atoms with E-state index < -0.39 is 6.10 Å². The summed E-state index contributed by atoms with van der Waals surface area (Å²) in [6, 6.07) is 16.1. The number of ketones is 1. The van der Waals surface area contributed by atoms with E-state index in [9.17, 15) is 9.90 Å². The van der Waals surface area contributed by atoms with Crippen LogP contribution in [0.2, 0.25) is 0 Å². The van der Waals surface area contributed by atoms with Crippen LogP contribution in [0, 0.1) is 0 Å². The van der Waals surface area contributed by atoms with Crippen molar-refractivity contribution in [2.45, 2.75) is 6.10 Å². The summed E-state index contributed by atoms with van der Waals surface area (Å²) in [6.45, 7) is 0.773. The molecular weight excluding hydrogens is 326 g/mol. The number of nitrogens with zero attached hydrogens (tertiary/aromatic N) is 1. The fourth-order valence-corrected chi connectivity index (χ4v) is 2.13. The van der Waals surface area contributed by atoms with Gasteiger partial charge in [-0.1, -0.05) is 30.3 Å². The molecule has 0 heterocycles. The normalized spacial score (nSPS) is 11.4. The Bertz CT molecular complexity index is 600. The molecule has 2 aromatic rings. The predicted molar refractivity (Wildman–Crippen MR) is 98.1 cm³/mol. The number of carbonyl (C=O) groups excluding carboxylic acids is 1. The summed E-state index contributed by atoms with van der Waals surface area (Å²) in [6.07, 6.45) is 0.931. The maximum atomic E-state index is 12.3. The lowest BCUT2D eigenvalue weighted by Crippen LogP contribution is -2.30. The van der Waals surface area contributed by atoms with Gasteiger partial charge >= 0.3 is 0 Å². The van der Waals surface area contributed by atoms with Gasteiger partial charge in [0.25, 0.3) is 0 Å². The molecule has 0 aromatic heterocycles. The number of likely N-dealkylation sites (N-methyl/N-ethyl adjacent to an activating group) is 1. The molecule has 0 aliphatic carbocycles. The van der Waals surface area contributed by atoms with Crippen molar-refractivity contribution in [3.8, 4) is 5.75 Å². The number of halogens is 1. The second kappa shape index (κ2) is 10.8. The fraction of sp³-hybridized carbons (Fsp3) is 0.316. The van der Waals surface area contributed by atoms with E-state index in [-0.39, 0.29) is 12.4 Å². The molecule has 1 atom stereocenters. The number of aliphatic hydroxyl groups is 1. The van der Waals surface area contributed by atoms with Gasteiger partial charge in [-0.2, -0.15) is 0 Å². The van der Waals surface area contributed by atoms with Gasteiger partial charge in [0, 0.05) is 24.1 Å². The minimum atomic E-state index is -0.541. The van der Waals surface area contributed by atoms with Crippen molar-refractivity contribution in [1.82, 2.24) is 4.90 Å². The van der Waals surface area contributed by atoms with Crippen molar-refractivity contribution in [2.75, 3.05) is 33.6 Å². The summed E-state index contributed by atoms with van der Waals surface area (Å²) in [4.78, 5) is 14.2. The van der Waals surface area contributed by atoms with Crippen molar-refractivity contribution < 1.29 is 14.6 Å². The van der Waals surface area contributed by atoms with E-state index in [4.69, 9.17) is 4.74 Å². The first-order valence-electron chi connectivity index (χ1n) is 7.59. The lowest BCUT2D eigenvalue weighted by Gasteiger charge is -2.16. The third-order valence-corrected chi connectivity index (χ3v) is 3.17. The average Bonchev–Trinajstić information content (AvgIpc) is 2.62. The van der Waals surface area contributed by atoms with Crippen molar-refractivity contribution in [3.05, 3.63) is 65.7 Å². The highest BCUT2D eigenvalue weighted by Crippen LogP contribution is 2.15. The number of ether oxygens (including phenoxy) is 1. The van der Waals surface area contributed by atoms with Crippen LogP contribution >= 0.6 is 11.6 Å². The first kappa shape index (κ1) is 20.2. The molecular formula is C19H24ClNO3. The molecule has 4 nitrogen and oxygen atoms in total. The van der Waals surface area contributed by atoms with Gasteiger partial charge in [0.1, 0.15) is 18.5 Å². The van der Waals surface area contributed by atoms with Gasteiger partial charge in [-0.05, 0) is 38.4 Å². The van der Waals surface area contributed by atoms with Crippen LogP contribution in [-0.4, -0.2) is 55.5 Å². The SMILES string of the molecule is CCl.CN(C)CC(O)COc1ccc(C(=O)c2ccccc2)cc1. The molecule has 1 unspecified atom stereocenters. The van der Waals surface area contributed by atoms with E-state index >= 15 is 0 Å². The third kappa shape index (κ3) is 6.71. The second-order valence-electron chi connectivity index (χ2n) is 5.45. The minimum absolute atomic E-state index is 0.0141. The highest BCUT2D eigenvalue weighted by atomic mass is 35.5. The number of hydrogen-bond donors (Lipinski definition) is 1. The number of rotatable bonds is 7. The van der Waals surface area contributed by atoms with Crippen LogP contribution in [0.25, 0.3) is 0 Å². The zero-order chi connectivity index (χ0) is 17.9. The molecule has 0 aliphatic rings. The molecule has 0 bridgehead atoms. The van der Waals surface area contributed by atoms with Crippen molar-refractivity contribution >= 4 is 17.4 Å². The zero-order valence-electron chi connectivity index (χ0n) is 14.3. The van der Waals surface area contributed by atoms with Crippen LogP contribution in [0.3, 0.4) is 0 Å². The van der Waals surface area contributed by atoms with Crippen LogP contribution < -0.4 is 4.74 Å². The number of benzene rings is 2. The van der Waals surface area contributed by atoms with E-state index in [0.717, 1.165) is 0 Å². The van der Waals surface area contributed by atoms with Crippen LogP contribution in [0.4, 0.5) is 0 Å². The summed E-state index contributed by atoms with van der Waals surface area (Å²) in [5.74, 6) is 0.627. The third-order valence-electron chi connectivity index (χ3n) is 3.17. The molecule has 130 valence electrons. The Morgan fingerprint density at radius 2 is 1.58 bits per heavy atom. The van der Waals surface area contributed by atoms with Crippen LogP contribution in [0.1, 0.15) is 15.9 Å². The molecule has 0 fully saturated rings. The number of alkyl halides is 1. The Labute approximate surface area is 148 Å². The first-order chi connectivity index (χ1) is 11.6. The van der Waals surface area contributed by atoms with Gasteiger partial charge in [0.15, 0.2) is 5.78 Å². The molecule has 0 spiro atoms. The van der Waals surface area contributed by atoms with Crippen LogP contribution in [0.15, 0.2) is 54.6 Å². The first-order valence-corrected chi connectivity index (χ1v) is 8.35. The van der Waals surface area contributed by atoms with E-state index in [2.05, 4.69) is 11.6 Å². The van der Waals surface area contributed by atoms with Gasteiger partial charge in [0.05, 0.1) is 0 Å². The van der Waals surface area contributed by atoms with Gasteiger partial charge in [-0.15, -0.1) is 11.6 Å². The van der Waals surface area contributed by atoms with E-state index in [1.54, 1.807) is 36.4 Å². The van der Waals surface area contributed by atoms with Gasteiger partial charge < -0.3 is 14.7 Å². The largest absolute Gasteiger partial charge is 0.491 e. The summed E-state index contributed by atoms with van der Waals surface area (Å²) in [5, 5.41) is 9.75.